The Morgan fingerprint density at radius 2 is 1.78 bits per heavy atom. The largest absolute Gasteiger partial charge is 0.457 e. The number of esters is 2. The summed E-state index contributed by atoms with van der Waals surface area (Å²) < 4.78 is 18.5. The SMILES string of the molecule is CCc1c2c(nc3ccc(OC(=O)N4CCC(N5CCCCC5)CC4)cc13)-c1cc3c(c(=O)n1C2)COC(=O)C3(CC)OC(C)=O. The summed E-state index contributed by atoms with van der Waals surface area (Å²) in [6.07, 6.45) is 6.22. The van der Waals surface area contributed by atoms with E-state index in [-0.39, 0.29) is 24.7 Å². The van der Waals surface area contributed by atoms with Crippen LogP contribution in [0.5, 0.6) is 5.75 Å². The molecule has 6 heterocycles. The third-order valence-electron chi connectivity index (χ3n) is 10.3. The fraction of sp³-hybridized carbons (Fsp3) is 0.514. The molecule has 1 amide bonds. The van der Waals surface area contributed by atoms with Gasteiger partial charge in [-0.3, -0.25) is 9.59 Å². The van der Waals surface area contributed by atoms with Crippen molar-refractivity contribution in [3.8, 4) is 17.1 Å². The van der Waals surface area contributed by atoms with Gasteiger partial charge in [0.05, 0.1) is 29.0 Å². The van der Waals surface area contributed by atoms with Crippen LogP contribution in [0.25, 0.3) is 22.3 Å². The summed E-state index contributed by atoms with van der Waals surface area (Å²) in [6, 6.07) is 7.77. The number of amides is 1. The molecule has 46 heavy (non-hydrogen) atoms. The second-order valence-corrected chi connectivity index (χ2v) is 12.8. The molecule has 2 fully saturated rings. The highest BCUT2D eigenvalue weighted by atomic mass is 16.6. The number of aryl methyl sites for hydroxylation is 1. The number of cyclic esters (lactones) is 1. The van der Waals surface area contributed by atoms with Gasteiger partial charge in [-0.05, 0) is 81.4 Å². The lowest BCUT2D eigenvalue weighted by Crippen LogP contribution is -2.48. The van der Waals surface area contributed by atoms with Gasteiger partial charge in [-0.15, -0.1) is 0 Å². The van der Waals surface area contributed by atoms with Crippen molar-refractivity contribution in [2.75, 3.05) is 26.2 Å². The number of carbonyl (C=O) groups is 3. The summed E-state index contributed by atoms with van der Waals surface area (Å²) in [4.78, 5) is 61.5. The number of hydrogen-bond acceptors (Lipinski definition) is 9. The van der Waals surface area contributed by atoms with E-state index in [4.69, 9.17) is 19.2 Å². The predicted octanol–water partition coefficient (Wildman–Crippen LogP) is 4.66. The molecule has 11 nitrogen and oxygen atoms in total. The normalized spacial score (nSPS) is 21.4. The summed E-state index contributed by atoms with van der Waals surface area (Å²) in [5.41, 5.74) is 2.50. The fourth-order valence-corrected chi connectivity index (χ4v) is 7.87. The van der Waals surface area contributed by atoms with Gasteiger partial charge in [-0.25, -0.2) is 14.6 Å². The van der Waals surface area contributed by atoms with Gasteiger partial charge >= 0.3 is 18.0 Å². The predicted molar refractivity (Wildman–Crippen MR) is 169 cm³/mol. The van der Waals surface area contributed by atoms with Gasteiger partial charge in [0.25, 0.3) is 5.56 Å². The summed E-state index contributed by atoms with van der Waals surface area (Å²) in [5.74, 6) is -0.863. The number of pyridine rings is 2. The van der Waals surface area contributed by atoms with Crippen LogP contribution in [0.15, 0.2) is 29.1 Å². The van der Waals surface area contributed by atoms with Gasteiger partial charge in [-0.2, -0.15) is 0 Å². The first kappa shape index (κ1) is 30.4. The van der Waals surface area contributed by atoms with E-state index in [2.05, 4.69) is 4.90 Å². The quantitative estimate of drug-likeness (QED) is 0.291. The van der Waals surface area contributed by atoms with E-state index in [1.54, 1.807) is 28.5 Å². The highest BCUT2D eigenvalue weighted by molar-refractivity contribution is 5.91. The average Bonchev–Trinajstić information content (AvgIpc) is 3.44. The number of piperidine rings is 2. The number of nitrogens with zero attached hydrogens (tertiary/aromatic N) is 4. The van der Waals surface area contributed by atoms with E-state index in [0.29, 0.717) is 65.9 Å². The monoisotopic (exact) mass is 628 g/mol. The molecule has 1 unspecified atom stereocenters. The Bertz CT molecular complexity index is 1800. The lowest BCUT2D eigenvalue weighted by Gasteiger charge is -2.39. The van der Waals surface area contributed by atoms with Crippen LogP contribution in [0.2, 0.25) is 0 Å². The topological polar surface area (TPSA) is 120 Å². The third kappa shape index (κ3) is 4.96. The van der Waals surface area contributed by atoms with Crippen molar-refractivity contribution in [3.63, 3.8) is 0 Å². The van der Waals surface area contributed by atoms with Crippen LogP contribution in [-0.2, 0) is 44.2 Å². The molecule has 2 aromatic heterocycles. The first-order valence-corrected chi connectivity index (χ1v) is 16.5. The minimum absolute atomic E-state index is 0.122. The molecule has 11 heteroatoms. The van der Waals surface area contributed by atoms with Crippen molar-refractivity contribution in [2.24, 2.45) is 0 Å². The van der Waals surface area contributed by atoms with Gasteiger partial charge < -0.3 is 28.6 Å². The molecule has 1 atom stereocenters. The molecular formula is C35H40N4O7. The van der Waals surface area contributed by atoms with Crippen LogP contribution in [-0.4, -0.2) is 69.6 Å². The minimum Gasteiger partial charge on any atom is -0.457 e. The van der Waals surface area contributed by atoms with E-state index in [1.807, 2.05) is 19.1 Å². The summed E-state index contributed by atoms with van der Waals surface area (Å²) in [6.45, 7) is 8.82. The van der Waals surface area contributed by atoms with Crippen molar-refractivity contribution >= 4 is 28.9 Å². The zero-order valence-corrected chi connectivity index (χ0v) is 26.7. The Labute approximate surface area is 267 Å². The molecule has 0 saturated carbocycles. The molecule has 2 saturated heterocycles. The zero-order valence-electron chi connectivity index (χ0n) is 26.7. The van der Waals surface area contributed by atoms with Crippen LogP contribution in [0, 0.1) is 0 Å². The number of rotatable bonds is 5. The molecule has 0 N–H and O–H groups in total. The maximum Gasteiger partial charge on any atom is 0.415 e. The first-order chi connectivity index (χ1) is 22.2. The number of aromatic nitrogens is 2. The molecule has 7 rings (SSSR count). The molecule has 4 aliphatic heterocycles. The number of carbonyl (C=O) groups excluding carboxylic acids is 3. The number of ether oxygens (including phenoxy) is 3. The van der Waals surface area contributed by atoms with Crippen molar-refractivity contribution in [1.82, 2.24) is 19.4 Å². The number of hydrogen-bond donors (Lipinski definition) is 0. The number of benzene rings is 1. The van der Waals surface area contributed by atoms with Crippen LogP contribution >= 0.6 is 0 Å². The Balaban J connectivity index is 1.18. The van der Waals surface area contributed by atoms with Gasteiger partial charge in [-0.1, -0.05) is 20.3 Å². The Hall–Kier alpha value is -4.25. The maximum atomic E-state index is 13.8. The fourth-order valence-electron chi connectivity index (χ4n) is 7.87. The number of likely N-dealkylation sites (tertiary alicyclic amines) is 2. The molecule has 0 bridgehead atoms. The molecule has 1 aromatic carbocycles. The lowest BCUT2D eigenvalue weighted by atomic mass is 9.85. The van der Waals surface area contributed by atoms with Crippen LogP contribution in [0.4, 0.5) is 4.79 Å². The average molecular weight is 629 g/mol. The molecule has 0 spiro atoms. The van der Waals surface area contributed by atoms with Crippen LogP contribution < -0.4 is 10.3 Å². The van der Waals surface area contributed by atoms with E-state index in [0.717, 1.165) is 42.4 Å². The molecule has 242 valence electrons. The van der Waals surface area contributed by atoms with E-state index < -0.39 is 17.5 Å². The van der Waals surface area contributed by atoms with Gasteiger partial charge in [0.15, 0.2) is 0 Å². The standard InChI is InChI=1S/C35H40N4O7/c1-4-24-25-17-23(45-34(43)38-15-11-22(12-16-38)37-13-7-6-8-14-37)9-10-29(25)36-31-26(24)19-39-30(31)18-28-27(32(39)41)20-44-33(42)35(28,5-2)46-21(3)40/h9-10,17-18,22H,4-8,11-16,19-20H2,1-3H3. The highest BCUT2D eigenvalue weighted by Crippen LogP contribution is 2.42. The molecule has 4 aliphatic rings. The minimum atomic E-state index is -1.69. The summed E-state index contributed by atoms with van der Waals surface area (Å²) in [7, 11) is 0. The highest BCUT2D eigenvalue weighted by Gasteiger charge is 2.50. The third-order valence-corrected chi connectivity index (χ3v) is 10.3. The van der Waals surface area contributed by atoms with E-state index >= 15 is 0 Å². The summed E-state index contributed by atoms with van der Waals surface area (Å²) >= 11 is 0. The van der Waals surface area contributed by atoms with Crippen LogP contribution in [0.3, 0.4) is 0 Å². The first-order valence-electron chi connectivity index (χ1n) is 16.5. The smallest absolute Gasteiger partial charge is 0.415 e. The second-order valence-electron chi connectivity index (χ2n) is 12.8. The number of fused-ring (bicyclic) bond motifs is 5. The van der Waals surface area contributed by atoms with Gasteiger partial charge in [0.1, 0.15) is 12.4 Å². The van der Waals surface area contributed by atoms with Gasteiger partial charge in [0, 0.05) is 42.6 Å². The van der Waals surface area contributed by atoms with Crippen molar-refractivity contribution in [3.05, 3.63) is 56.9 Å². The molecule has 3 aromatic rings. The van der Waals surface area contributed by atoms with E-state index in [1.165, 1.54) is 26.2 Å². The van der Waals surface area contributed by atoms with Crippen molar-refractivity contribution < 1.29 is 28.6 Å². The van der Waals surface area contributed by atoms with Crippen molar-refractivity contribution in [2.45, 2.75) is 90.5 Å². The molecular weight excluding hydrogens is 588 g/mol. The second kappa shape index (κ2) is 11.8. The lowest BCUT2D eigenvalue weighted by molar-refractivity contribution is -0.188. The van der Waals surface area contributed by atoms with Crippen molar-refractivity contribution in [1.29, 1.82) is 0 Å². The Morgan fingerprint density at radius 3 is 2.48 bits per heavy atom. The molecule has 0 aliphatic carbocycles. The Kier molecular flexibility index (Phi) is 7.83. The zero-order chi connectivity index (χ0) is 32.2. The van der Waals surface area contributed by atoms with Gasteiger partial charge in [0.2, 0.25) is 5.60 Å². The summed E-state index contributed by atoms with van der Waals surface area (Å²) in [5, 5.41) is 0.863. The molecule has 0 radical (unpaired) electrons. The van der Waals surface area contributed by atoms with Crippen LogP contribution in [0.1, 0.15) is 81.5 Å². The maximum absolute atomic E-state index is 13.8. The Morgan fingerprint density at radius 1 is 1.02 bits per heavy atom. The van der Waals surface area contributed by atoms with E-state index in [9.17, 15) is 19.2 Å².